The molecule has 0 saturated heterocycles. The minimum Gasteiger partial charge on any atom is -0.479 e. The summed E-state index contributed by atoms with van der Waals surface area (Å²) >= 11 is 0. The highest BCUT2D eigenvalue weighted by atomic mass is 16.5. The van der Waals surface area contributed by atoms with E-state index in [0.717, 1.165) is 22.3 Å². The molecule has 0 spiro atoms. The van der Waals surface area contributed by atoms with Crippen molar-refractivity contribution < 1.29 is 24.2 Å². The number of rotatable bonds is 6. The summed E-state index contributed by atoms with van der Waals surface area (Å²) in [6.07, 6.45) is -0.734. The molecule has 2 aromatic rings. The molecular formula is C24H27NO5. The highest BCUT2D eigenvalue weighted by Gasteiger charge is 2.66. The van der Waals surface area contributed by atoms with E-state index in [9.17, 15) is 14.7 Å². The Balaban J connectivity index is 1.49. The summed E-state index contributed by atoms with van der Waals surface area (Å²) in [5.41, 5.74) is 2.35. The fourth-order valence-electron chi connectivity index (χ4n) is 4.85. The summed E-state index contributed by atoms with van der Waals surface area (Å²) < 4.78 is 11.2. The first-order valence-electron chi connectivity index (χ1n) is 10.3. The van der Waals surface area contributed by atoms with Gasteiger partial charge in [-0.05, 0) is 29.2 Å². The van der Waals surface area contributed by atoms with E-state index >= 15 is 0 Å². The maximum atomic E-state index is 12.7. The van der Waals surface area contributed by atoms with Gasteiger partial charge in [-0.2, -0.15) is 0 Å². The lowest BCUT2D eigenvalue weighted by atomic mass is 9.54. The lowest BCUT2D eigenvalue weighted by Gasteiger charge is -2.57. The Morgan fingerprint density at radius 2 is 1.63 bits per heavy atom. The molecule has 2 aliphatic carbocycles. The van der Waals surface area contributed by atoms with Gasteiger partial charge in [-0.25, -0.2) is 9.59 Å². The number of ether oxygens (including phenoxy) is 2. The number of carbonyl (C=O) groups is 2. The molecule has 4 rings (SSSR count). The predicted octanol–water partition coefficient (Wildman–Crippen LogP) is 4.18. The molecule has 1 saturated carbocycles. The molecule has 0 aromatic heterocycles. The monoisotopic (exact) mass is 409 g/mol. The van der Waals surface area contributed by atoms with Crippen molar-refractivity contribution in [3.05, 3.63) is 59.7 Å². The maximum Gasteiger partial charge on any atom is 0.408 e. The number of benzene rings is 2. The molecule has 0 radical (unpaired) electrons. The van der Waals surface area contributed by atoms with Crippen LogP contribution in [0, 0.1) is 5.41 Å². The Hall–Kier alpha value is -2.86. The van der Waals surface area contributed by atoms with Gasteiger partial charge in [0.2, 0.25) is 0 Å². The van der Waals surface area contributed by atoms with E-state index in [1.165, 1.54) is 0 Å². The second-order valence-corrected chi connectivity index (χ2v) is 8.53. The van der Waals surface area contributed by atoms with Crippen molar-refractivity contribution in [2.45, 2.75) is 44.8 Å². The summed E-state index contributed by atoms with van der Waals surface area (Å²) in [5.74, 6) is -1.15. The zero-order valence-corrected chi connectivity index (χ0v) is 17.5. The van der Waals surface area contributed by atoms with Gasteiger partial charge in [-0.1, -0.05) is 62.4 Å². The molecule has 1 fully saturated rings. The predicted molar refractivity (Wildman–Crippen MR) is 112 cm³/mol. The third-order valence-electron chi connectivity index (χ3n) is 6.79. The highest BCUT2D eigenvalue weighted by molar-refractivity contribution is 5.87. The Morgan fingerprint density at radius 3 is 2.13 bits per heavy atom. The van der Waals surface area contributed by atoms with Gasteiger partial charge < -0.3 is 19.9 Å². The number of carboxylic acid groups (broad SMARTS) is 1. The second-order valence-electron chi connectivity index (χ2n) is 8.53. The highest BCUT2D eigenvalue weighted by Crippen LogP contribution is 2.51. The van der Waals surface area contributed by atoms with Crippen LogP contribution in [0.15, 0.2) is 48.5 Å². The molecule has 0 heterocycles. The standard InChI is InChI=1S/C24H27NO5/c1-4-29-20-13-24(21(26)27,23(20,2)3)25-22(28)30-14-19-17-11-7-5-9-15(17)16-10-6-8-12-18(16)19/h5-12,19-20H,4,13-14H2,1-3H3,(H,25,28)(H,26,27). The minimum atomic E-state index is -1.41. The zero-order chi connectivity index (χ0) is 21.5. The molecule has 6 heteroatoms. The largest absolute Gasteiger partial charge is 0.479 e. The van der Waals surface area contributed by atoms with Crippen LogP contribution in [0.2, 0.25) is 0 Å². The Labute approximate surface area is 176 Å². The fraction of sp³-hybridized carbons (Fsp3) is 0.417. The second kappa shape index (κ2) is 7.43. The number of aliphatic carboxylic acids is 1. The van der Waals surface area contributed by atoms with E-state index in [0.29, 0.717) is 6.61 Å². The van der Waals surface area contributed by atoms with Gasteiger partial charge in [0.1, 0.15) is 6.61 Å². The topological polar surface area (TPSA) is 84.9 Å². The Bertz CT molecular complexity index is 940. The first-order chi connectivity index (χ1) is 14.3. The summed E-state index contributed by atoms with van der Waals surface area (Å²) in [6.45, 7) is 6.11. The van der Waals surface area contributed by atoms with Crippen molar-refractivity contribution in [2.75, 3.05) is 13.2 Å². The number of carboxylic acids is 1. The molecule has 1 amide bonds. The van der Waals surface area contributed by atoms with Crippen molar-refractivity contribution in [1.29, 1.82) is 0 Å². The van der Waals surface area contributed by atoms with Crippen molar-refractivity contribution >= 4 is 12.1 Å². The van der Waals surface area contributed by atoms with Crippen molar-refractivity contribution in [3.8, 4) is 11.1 Å². The van der Waals surface area contributed by atoms with Gasteiger partial charge in [0.15, 0.2) is 5.54 Å². The number of nitrogens with one attached hydrogen (secondary N) is 1. The van der Waals surface area contributed by atoms with Gasteiger partial charge in [0.25, 0.3) is 0 Å². The van der Waals surface area contributed by atoms with Crippen LogP contribution in [0.3, 0.4) is 0 Å². The van der Waals surface area contributed by atoms with Gasteiger partial charge in [0, 0.05) is 24.4 Å². The smallest absolute Gasteiger partial charge is 0.408 e. The molecule has 6 nitrogen and oxygen atoms in total. The zero-order valence-electron chi connectivity index (χ0n) is 17.5. The van der Waals surface area contributed by atoms with E-state index < -0.39 is 23.0 Å². The third-order valence-corrected chi connectivity index (χ3v) is 6.79. The van der Waals surface area contributed by atoms with Gasteiger partial charge >= 0.3 is 12.1 Å². The number of fused-ring (bicyclic) bond motifs is 3. The summed E-state index contributed by atoms with van der Waals surface area (Å²) in [7, 11) is 0. The number of amides is 1. The first kappa shape index (κ1) is 20.4. The SMILES string of the molecule is CCOC1CC(NC(=O)OCC2c3ccccc3-c3ccccc32)(C(=O)O)C1(C)C. The molecule has 0 aliphatic heterocycles. The maximum absolute atomic E-state index is 12.7. The number of hydrogen-bond acceptors (Lipinski definition) is 4. The lowest BCUT2D eigenvalue weighted by molar-refractivity contribution is -0.191. The van der Waals surface area contributed by atoms with E-state index in [-0.39, 0.29) is 25.0 Å². The fourth-order valence-corrected chi connectivity index (χ4v) is 4.85. The van der Waals surface area contributed by atoms with Crippen LogP contribution < -0.4 is 5.32 Å². The van der Waals surface area contributed by atoms with Gasteiger partial charge in [-0.15, -0.1) is 0 Å². The average Bonchev–Trinajstić information content (AvgIpc) is 3.05. The van der Waals surface area contributed by atoms with Crippen LogP contribution in [-0.4, -0.2) is 42.0 Å². The molecule has 2 atom stereocenters. The van der Waals surface area contributed by atoms with E-state index in [4.69, 9.17) is 9.47 Å². The number of alkyl carbamates (subject to hydrolysis) is 1. The van der Waals surface area contributed by atoms with E-state index in [1.54, 1.807) is 13.8 Å². The van der Waals surface area contributed by atoms with Gasteiger partial charge in [0.05, 0.1) is 6.10 Å². The van der Waals surface area contributed by atoms with Crippen LogP contribution >= 0.6 is 0 Å². The normalized spacial score (nSPS) is 23.8. The van der Waals surface area contributed by atoms with Crippen LogP contribution in [-0.2, 0) is 14.3 Å². The summed E-state index contributed by atoms with van der Waals surface area (Å²) in [5, 5.41) is 12.5. The average molecular weight is 409 g/mol. The molecule has 2 N–H and O–H groups in total. The quantitative estimate of drug-likeness (QED) is 0.748. The molecule has 0 bridgehead atoms. The first-order valence-corrected chi connectivity index (χ1v) is 10.3. The van der Waals surface area contributed by atoms with E-state index in [1.807, 2.05) is 43.3 Å². The third kappa shape index (κ3) is 2.98. The van der Waals surface area contributed by atoms with Crippen LogP contribution in [0.4, 0.5) is 4.79 Å². The summed E-state index contributed by atoms with van der Waals surface area (Å²) in [6, 6.07) is 16.2. The Morgan fingerprint density at radius 1 is 1.07 bits per heavy atom. The van der Waals surface area contributed by atoms with Crippen molar-refractivity contribution in [2.24, 2.45) is 5.41 Å². The summed E-state index contributed by atoms with van der Waals surface area (Å²) in [4.78, 5) is 24.7. The van der Waals surface area contributed by atoms with Crippen molar-refractivity contribution in [3.63, 3.8) is 0 Å². The molecule has 30 heavy (non-hydrogen) atoms. The molecule has 2 aliphatic rings. The van der Waals surface area contributed by atoms with Crippen molar-refractivity contribution in [1.82, 2.24) is 5.32 Å². The minimum absolute atomic E-state index is 0.0745. The number of carbonyl (C=O) groups excluding carboxylic acids is 1. The molecule has 2 aromatic carbocycles. The van der Waals surface area contributed by atoms with E-state index in [2.05, 4.69) is 17.4 Å². The van der Waals surface area contributed by atoms with Crippen LogP contribution in [0.5, 0.6) is 0 Å². The molecule has 158 valence electrons. The number of hydrogen-bond donors (Lipinski definition) is 2. The van der Waals surface area contributed by atoms with Crippen LogP contribution in [0.1, 0.15) is 44.2 Å². The molecular weight excluding hydrogens is 382 g/mol. The van der Waals surface area contributed by atoms with Crippen LogP contribution in [0.25, 0.3) is 11.1 Å². The molecule has 2 unspecified atom stereocenters. The Kier molecular flexibility index (Phi) is 5.06. The van der Waals surface area contributed by atoms with Gasteiger partial charge in [-0.3, -0.25) is 0 Å². The lowest BCUT2D eigenvalue weighted by Crippen LogP contribution is -2.76.